The van der Waals surface area contributed by atoms with E-state index in [-0.39, 0.29) is 6.04 Å². The Morgan fingerprint density at radius 2 is 1.70 bits per heavy atom. The van der Waals surface area contributed by atoms with Gasteiger partial charge in [0.25, 0.3) is 0 Å². The van der Waals surface area contributed by atoms with E-state index in [1.807, 2.05) is 12.1 Å². The Kier molecular flexibility index (Phi) is 5.63. The lowest BCUT2D eigenvalue weighted by Gasteiger charge is -2.19. The van der Waals surface area contributed by atoms with Crippen molar-refractivity contribution in [2.24, 2.45) is 0 Å². The lowest BCUT2D eigenvalue weighted by atomic mass is 9.98. The van der Waals surface area contributed by atoms with Crippen LogP contribution in [0.4, 0.5) is 0 Å². The minimum Gasteiger partial charge on any atom is -0.494 e. The molecule has 0 saturated carbocycles. The van der Waals surface area contributed by atoms with Crippen LogP contribution in [0.25, 0.3) is 0 Å². The van der Waals surface area contributed by atoms with Gasteiger partial charge in [-0.2, -0.15) is 0 Å². The fraction of sp³-hybridized carbons (Fsp3) is 0.333. The first kappa shape index (κ1) is 14.6. The molecule has 1 N–H and O–H groups in total. The molecule has 1 atom stereocenters. The van der Waals surface area contributed by atoms with Gasteiger partial charge in [0.15, 0.2) is 0 Å². The molecule has 0 aliphatic rings. The predicted molar refractivity (Wildman–Crippen MR) is 84.2 cm³/mol. The van der Waals surface area contributed by atoms with Gasteiger partial charge < -0.3 is 10.1 Å². The van der Waals surface area contributed by atoms with Crippen molar-refractivity contribution in [1.82, 2.24) is 5.32 Å². The number of ether oxygens (including phenoxy) is 1. The molecule has 0 heterocycles. The number of nitrogens with one attached hydrogen (secondary N) is 1. The molecule has 0 bridgehead atoms. The van der Waals surface area contributed by atoms with E-state index in [9.17, 15) is 0 Å². The molecule has 0 spiro atoms. The van der Waals surface area contributed by atoms with Crippen LogP contribution in [0.3, 0.4) is 0 Å². The van der Waals surface area contributed by atoms with Gasteiger partial charge in [-0.15, -0.1) is 0 Å². The zero-order valence-electron chi connectivity index (χ0n) is 12.3. The topological polar surface area (TPSA) is 21.3 Å². The van der Waals surface area contributed by atoms with Crippen molar-refractivity contribution in [2.45, 2.75) is 26.3 Å². The molecule has 106 valence electrons. The summed E-state index contributed by atoms with van der Waals surface area (Å²) in [4.78, 5) is 0. The summed E-state index contributed by atoms with van der Waals surface area (Å²) in [7, 11) is 0. The molecule has 2 heteroatoms. The van der Waals surface area contributed by atoms with E-state index in [2.05, 4.69) is 61.6 Å². The molecule has 1 unspecified atom stereocenters. The summed E-state index contributed by atoms with van der Waals surface area (Å²) in [6.45, 7) is 5.95. The standard InChI is InChI=1S/C18H23NO/c1-3-13-20-17-12-8-11-16(14-17)18(19-4-2)15-9-6-5-7-10-15/h5-12,14,18-19H,3-4,13H2,1-2H3. The van der Waals surface area contributed by atoms with Crippen LogP contribution in [-0.4, -0.2) is 13.2 Å². The van der Waals surface area contributed by atoms with Gasteiger partial charge in [0, 0.05) is 0 Å². The highest BCUT2D eigenvalue weighted by atomic mass is 16.5. The molecule has 2 aromatic carbocycles. The SMILES string of the molecule is CCCOc1cccc(C(NCC)c2ccccc2)c1. The molecular weight excluding hydrogens is 246 g/mol. The first-order valence-corrected chi connectivity index (χ1v) is 7.36. The van der Waals surface area contributed by atoms with Crippen LogP contribution in [0.2, 0.25) is 0 Å². The fourth-order valence-corrected chi connectivity index (χ4v) is 2.28. The largest absolute Gasteiger partial charge is 0.494 e. The van der Waals surface area contributed by atoms with Crippen LogP contribution in [0, 0.1) is 0 Å². The molecule has 0 amide bonds. The molecule has 0 aromatic heterocycles. The highest BCUT2D eigenvalue weighted by Gasteiger charge is 2.13. The summed E-state index contributed by atoms with van der Waals surface area (Å²) in [6, 6.07) is 19.1. The first-order valence-electron chi connectivity index (χ1n) is 7.36. The summed E-state index contributed by atoms with van der Waals surface area (Å²) in [5.41, 5.74) is 2.52. The Morgan fingerprint density at radius 1 is 0.950 bits per heavy atom. The van der Waals surface area contributed by atoms with Crippen LogP contribution < -0.4 is 10.1 Å². The van der Waals surface area contributed by atoms with Gasteiger partial charge in [0.2, 0.25) is 0 Å². The summed E-state index contributed by atoms with van der Waals surface area (Å²) < 4.78 is 5.73. The zero-order chi connectivity index (χ0) is 14.2. The van der Waals surface area contributed by atoms with E-state index in [1.165, 1.54) is 11.1 Å². The molecule has 0 aliphatic carbocycles. The van der Waals surface area contributed by atoms with E-state index in [0.717, 1.165) is 25.3 Å². The van der Waals surface area contributed by atoms with Gasteiger partial charge >= 0.3 is 0 Å². The zero-order valence-corrected chi connectivity index (χ0v) is 12.3. The van der Waals surface area contributed by atoms with E-state index in [4.69, 9.17) is 4.74 Å². The molecular formula is C18H23NO. The normalized spacial score (nSPS) is 12.1. The van der Waals surface area contributed by atoms with Crippen molar-refractivity contribution in [3.63, 3.8) is 0 Å². The van der Waals surface area contributed by atoms with Crippen LogP contribution in [0.1, 0.15) is 37.4 Å². The Morgan fingerprint density at radius 3 is 2.40 bits per heavy atom. The third-order valence-corrected chi connectivity index (χ3v) is 3.21. The Balaban J connectivity index is 2.25. The summed E-state index contributed by atoms with van der Waals surface area (Å²) in [5, 5.41) is 3.54. The molecule has 0 aliphatic heterocycles. The van der Waals surface area contributed by atoms with E-state index >= 15 is 0 Å². The second-order valence-electron chi connectivity index (χ2n) is 4.82. The number of rotatable bonds is 7. The minimum absolute atomic E-state index is 0.214. The van der Waals surface area contributed by atoms with Crippen molar-refractivity contribution in [3.8, 4) is 5.75 Å². The summed E-state index contributed by atoms with van der Waals surface area (Å²) in [5.74, 6) is 0.947. The Labute approximate surface area is 121 Å². The van der Waals surface area contributed by atoms with Crippen molar-refractivity contribution in [1.29, 1.82) is 0 Å². The van der Waals surface area contributed by atoms with Crippen molar-refractivity contribution >= 4 is 0 Å². The van der Waals surface area contributed by atoms with Crippen molar-refractivity contribution in [3.05, 3.63) is 65.7 Å². The number of benzene rings is 2. The molecule has 2 nitrogen and oxygen atoms in total. The van der Waals surface area contributed by atoms with Crippen molar-refractivity contribution < 1.29 is 4.74 Å². The molecule has 20 heavy (non-hydrogen) atoms. The summed E-state index contributed by atoms with van der Waals surface area (Å²) >= 11 is 0. The van der Waals surface area contributed by atoms with Crippen LogP contribution in [-0.2, 0) is 0 Å². The average Bonchev–Trinajstić information content (AvgIpc) is 2.52. The van der Waals surface area contributed by atoms with E-state index in [1.54, 1.807) is 0 Å². The molecule has 2 aromatic rings. The molecule has 0 fully saturated rings. The lowest BCUT2D eigenvalue weighted by Crippen LogP contribution is -2.21. The monoisotopic (exact) mass is 269 g/mol. The highest BCUT2D eigenvalue weighted by Crippen LogP contribution is 2.25. The smallest absolute Gasteiger partial charge is 0.119 e. The maximum atomic E-state index is 5.73. The average molecular weight is 269 g/mol. The highest BCUT2D eigenvalue weighted by molar-refractivity contribution is 5.36. The van der Waals surface area contributed by atoms with Crippen LogP contribution >= 0.6 is 0 Å². The van der Waals surface area contributed by atoms with Gasteiger partial charge in [-0.1, -0.05) is 56.3 Å². The fourth-order valence-electron chi connectivity index (χ4n) is 2.28. The predicted octanol–water partition coefficient (Wildman–Crippen LogP) is 4.17. The van der Waals surface area contributed by atoms with Gasteiger partial charge in [-0.05, 0) is 36.2 Å². The molecule has 2 rings (SSSR count). The van der Waals surface area contributed by atoms with E-state index in [0.29, 0.717) is 0 Å². The van der Waals surface area contributed by atoms with Crippen molar-refractivity contribution in [2.75, 3.05) is 13.2 Å². The maximum Gasteiger partial charge on any atom is 0.119 e. The second-order valence-corrected chi connectivity index (χ2v) is 4.82. The Hall–Kier alpha value is -1.80. The van der Waals surface area contributed by atoms with Gasteiger partial charge in [-0.25, -0.2) is 0 Å². The maximum absolute atomic E-state index is 5.73. The van der Waals surface area contributed by atoms with E-state index < -0.39 is 0 Å². The van der Waals surface area contributed by atoms with Gasteiger partial charge in [0.05, 0.1) is 12.6 Å². The third kappa shape index (κ3) is 3.84. The van der Waals surface area contributed by atoms with Crippen LogP contribution in [0.5, 0.6) is 5.75 Å². The van der Waals surface area contributed by atoms with Gasteiger partial charge in [-0.3, -0.25) is 0 Å². The first-order chi connectivity index (χ1) is 9.85. The minimum atomic E-state index is 0.214. The third-order valence-electron chi connectivity index (χ3n) is 3.21. The van der Waals surface area contributed by atoms with Crippen LogP contribution in [0.15, 0.2) is 54.6 Å². The quantitative estimate of drug-likeness (QED) is 0.814. The second kappa shape index (κ2) is 7.71. The van der Waals surface area contributed by atoms with Gasteiger partial charge in [0.1, 0.15) is 5.75 Å². The Bertz CT molecular complexity index is 510. The number of hydrogen-bond acceptors (Lipinski definition) is 2. The molecule has 0 radical (unpaired) electrons. The summed E-state index contributed by atoms with van der Waals surface area (Å²) in [6.07, 6.45) is 1.03. The lowest BCUT2D eigenvalue weighted by molar-refractivity contribution is 0.317. The molecule has 0 saturated heterocycles. The number of hydrogen-bond donors (Lipinski definition) is 1.